The average Bonchev–Trinajstić information content (AvgIpc) is 2.29. The van der Waals surface area contributed by atoms with E-state index in [0.717, 1.165) is 5.56 Å². The van der Waals surface area contributed by atoms with Crippen LogP contribution in [0.3, 0.4) is 0 Å². The number of benzene rings is 1. The van der Waals surface area contributed by atoms with Crippen LogP contribution in [0, 0.1) is 10.1 Å². The summed E-state index contributed by atoms with van der Waals surface area (Å²) >= 11 is 0. The van der Waals surface area contributed by atoms with Crippen molar-refractivity contribution in [2.45, 2.75) is 0 Å². The largest absolute Gasteiger partial charge is 0.364 e. The summed E-state index contributed by atoms with van der Waals surface area (Å²) in [5, 5.41) is 16.0. The summed E-state index contributed by atoms with van der Waals surface area (Å²) in [7, 11) is 0. The van der Waals surface area contributed by atoms with Gasteiger partial charge in [0.15, 0.2) is 5.03 Å². The maximum Gasteiger partial charge on any atom is 0.275 e. The first-order valence-electron chi connectivity index (χ1n) is 4.68. The molecule has 3 N–H and O–H groups in total. The van der Waals surface area contributed by atoms with Gasteiger partial charge in [-0.1, -0.05) is 41.8 Å². The number of hydrogen-bond acceptors (Lipinski definition) is 4. The summed E-state index contributed by atoms with van der Waals surface area (Å²) in [6.45, 7) is 0. The molecule has 1 aromatic rings. The molecule has 0 saturated carbocycles. The zero-order valence-electron chi connectivity index (χ0n) is 8.85. The lowest BCUT2D eigenvalue weighted by molar-refractivity contribution is -0.525. The van der Waals surface area contributed by atoms with Crippen LogP contribution in [0.1, 0.15) is 5.56 Å². The molecule has 7 nitrogen and oxygen atoms in total. The van der Waals surface area contributed by atoms with E-state index in [4.69, 9.17) is 5.73 Å². The molecule has 88 valence electrons. The molecule has 0 amide bonds. The second kappa shape index (κ2) is 6.72. The lowest BCUT2D eigenvalue weighted by Gasteiger charge is -1.90. The normalized spacial score (nSPS) is 12.1. The van der Waals surface area contributed by atoms with Crippen LogP contribution in [0.15, 0.2) is 46.6 Å². The Hall–Kier alpha value is -2.70. The summed E-state index contributed by atoms with van der Waals surface area (Å²) in [6, 6.07) is 9.59. The average molecular weight is 233 g/mol. The Morgan fingerprint density at radius 1 is 1.41 bits per heavy atom. The Labute approximate surface area is 97.5 Å². The maximum absolute atomic E-state index is 9.95. The van der Waals surface area contributed by atoms with Gasteiger partial charge >= 0.3 is 0 Å². The second-order valence-electron chi connectivity index (χ2n) is 2.89. The molecule has 0 unspecified atom stereocenters. The minimum absolute atomic E-state index is 0.376. The summed E-state index contributed by atoms with van der Waals surface area (Å²) in [5.41, 5.74) is 7.80. The zero-order valence-corrected chi connectivity index (χ0v) is 8.85. The standard InChI is InChI=1S/C10H11N5O2/c11-10(14-15(16)17)13-12-8-4-7-9-5-2-1-3-6-9/h1-8H,(H3,11,13,14). The first-order chi connectivity index (χ1) is 8.18. The maximum atomic E-state index is 9.95. The molecular weight excluding hydrogens is 222 g/mol. The highest BCUT2D eigenvalue weighted by molar-refractivity contribution is 5.80. The van der Waals surface area contributed by atoms with Crippen molar-refractivity contribution in [3.8, 4) is 0 Å². The minimum atomic E-state index is -0.811. The zero-order chi connectivity index (χ0) is 12.5. The van der Waals surface area contributed by atoms with Gasteiger partial charge in [0.1, 0.15) is 0 Å². The third-order valence-corrected chi connectivity index (χ3v) is 1.61. The first kappa shape index (κ1) is 12.4. The fourth-order valence-electron chi connectivity index (χ4n) is 0.968. The van der Waals surface area contributed by atoms with E-state index in [9.17, 15) is 10.1 Å². The van der Waals surface area contributed by atoms with Gasteiger partial charge in [-0.05, 0) is 11.6 Å². The van der Waals surface area contributed by atoms with E-state index in [1.54, 1.807) is 11.5 Å². The molecule has 17 heavy (non-hydrogen) atoms. The lowest BCUT2D eigenvalue weighted by atomic mass is 10.2. The van der Waals surface area contributed by atoms with Gasteiger partial charge in [-0.25, -0.2) is 10.1 Å². The van der Waals surface area contributed by atoms with Crippen molar-refractivity contribution in [3.05, 3.63) is 52.1 Å². The van der Waals surface area contributed by atoms with Gasteiger partial charge in [-0.3, -0.25) is 0 Å². The van der Waals surface area contributed by atoms with Gasteiger partial charge in [-0.15, -0.1) is 5.10 Å². The topological polar surface area (TPSA) is 106 Å². The van der Waals surface area contributed by atoms with Crippen molar-refractivity contribution in [2.24, 2.45) is 15.9 Å². The molecule has 0 saturated heterocycles. The van der Waals surface area contributed by atoms with Gasteiger partial charge in [-0.2, -0.15) is 5.10 Å². The van der Waals surface area contributed by atoms with Crippen LogP contribution in [0.5, 0.6) is 0 Å². The Kier molecular flexibility index (Phi) is 4.89. The predicted molar refractivity (Wildman–Crippen MR) is 65.7 cm³/mol. The molecule has 0 aliphatic rings. The molecule has 0 spiro atoms. The molecular formula is C10H11N5O2. The van der Waals surface area contributed by atoms with Gasteiger partial charge in [0.2, 0.25) is 0 Å². The van der Waals surface area contributed by atoms with Crippen LogP contribution >= 0.6 is 0 Å². The Balaban J connectivity index is 2.45. The van der Waals surface area contributed by atoms with Crippen molar-refractivity contribution in [1.82, 2.24) is 5.43 Å². The predicted octanol–water partition coefficient (Wildman–Crippen LogP) is 0.782. The number of rotatable bonds is 4. The highest BCUT2D eigenvalue weighted by Gasteiger charge is 1.95. The lowest BCUT2D eigenvalue weighted by Crippen LogP contribution is -2.35. The highest BCUT2D eigenvalue weighted by atomic mass is 16.7. The van der Waals surface area contributed by atoms with Crippen LogP contribution in [0.25, 0.3) is 6.08 Å². The summed E-state index contributed by atoms with van der Waals surface area (Å²) in [5.74, 6) is -0.376. The van der Waals surface area contributed by atoms with Gasteiger partial charge in [0.05, 0.1) is 0 Å². The third kappa shape index (κ3) is 5.67. The quantitative estimate of drug-likeness (QED) is 0.347. The second-order valence-corrected chi connectivity index (χ2v) is 2.89. The third-order valence-electron chi connectivity index (χ3n) is 1.61. The van der Waals surface area contributed by atoms with Crippen molar-refractivity contribution < 1.29 is 5.03 Å². The first-order valence-corrected chi connectivity index (χ1v) is 4.68. The number of nitrogens with one attached hydrogen (secondary N) is 1. The molecule has 0 atom stereocenters. The van der Waals surface area contributed by atoms with Crippen LogP contribution in [0.4, 0.5) is 0 Å². The van der Waals surface area contributed by atoms with E-state index in [-0.39, 0.29) is 5.96 Å². The molecule has 0 bridgehead atoms. The number of nitrogens with zero attached hydrogens (tertiary/aromatic N) is 3. The molecule has 7 heteroatoms. The van der Waals surface area contributed by atoms with E-state index in [0.29, 0.717) is 0 Å². The number of hydrogen-bond donors (Lipinski definition) is 2. The van der Waals surface area contributed by atoms with Gasteiger partial charge < -0.3 is 5.73 Å². The van der Waals surface area contributed by atoms with Crippen molar-refractivity contribution in [3.63, 3.8) is 0 Å². The molecule has 0 aromatic heterocycles. The number of allylic oxidation sites excluding steroid dienone is 1. The van der Waals surface area contributed by atoms with E-state index in [1.165, 1.54) is 6.21 Å². The Morgan fingerprint density at radius 3 is 2.76 bits per heavy atom. The van der Waals surface area contributed by atoms with E-state index < -0.39 is 5.03 Å². The smallest absolute Gasteiger partial charge is 0.275 e. The van der Waals surface area contributed by atoms with Crippen LogP contribution in [0.2, 0.25) is 0 Å². The van der Waals surface area contributed by atoms with Gasteiger partial charge in [0, 0.05) is 6.21 Å². The summed E-state index contributed by atoms with van der Waals surface area (Å²) in [6.07, 6.45) is 4.84. The van der Waals surface area contributed by atoms with Crippen LogP contribution in [-0.2, 0) is 0 Å². The monoisotopic (exact) mass is 233 g/mol. The molecule has 0 heterocycles. The molecule has 1 rings (SSSR count). The van der Waals surface area contributed by atoms with E-state index in [1.807, 2.05) is 36.4 Å². The molecule has 0 radical (unpaired) electrons. The fraction of sp³-hybridized carbons (Fsp3) is 0. The Morgan fingerprint density at radius 2 is 2.12 bits per heavy atom. The number of hydrazine groups is 1. The molecule has 0 aliphatic heterocycles. The number of nitro groups is 1. The number of guanidine groups is 1. The molecule has 0 aliphatic carbocycles. The summed E-state index contributed by atoms with van der Waals surface area (Å²) < 4.78 is 0. The minimum Gasteiger partial charge on any atom is -0.364 e. The fourth-order valence-corrected chi connectivity index (χ4v) is 0.968. The molecule has 1 aromatic carbocycles. The van der Waals surface area contributed by atoms with E-state index in [2.05, 4.69) is 10.2 Å². The van der Waals surface area contributed by atoms with Gasteiger partial charge in [0.25, 0.3) is 5.96 Å². The molecule has 0 fully saturated rings. The highest BCUT2D eigenvalue weighted by Crippen LogP contribution is 1.99. The van der Waals surface area contributed by atoms with Crippen molar-refractivity contribution in [2.75, 3.05) is 0 Å². The number of nitrogens with two attached hydrogens (primary N) is 1. The Bertz CT molecular complexity index is 453. The van der Waals surface area contributed by atoms with Crippen molar-refractivity contribution in [1.29, 1.82) is 0 Å². The van der Waals surface area contributed by atoms with Crippen molar-refractivity contribution >= 4 is 18.3 Å². The summed E-state index contributed by atoms with van der Waals surface area (Å²) in [4.78, 5) is 9.95. The van der Waals surface area contributed by atoms with Crippen LogP contribution < -0.4 is 11.2 Å². The van der Waals surface area contributed by atoms with Crippen LogP contribution in [-0.4, -0.2) is 17.2 Å². The SMILES string of the molecule is N/C(=N\N=CC=Cc1ccccc1)N[N+](=O)[O-]. The van der Waals surface area contributed by atoms with E-state index >= 15 is 0 Å².